The summed E-state index contributed by atoms with van der Waals surface area (Å²) in [5.74, 6) is -1.65. The van der Waals surface area contributed by atoms with Crippen molar-refractivity contribution in [3.63, 3.8) is 0 Å². The number of amides is 2. The van der Waals surface area contributed by atoms with Gasteiger partial charge in [0.25, 0.3) is 0 Å². The smallest absolute Gasteiger partial charge is 0.408 e. The van der Waals surface area contributed by atoms with Gasteiger partial charge in [-0.3, -0.25) is 9.59 Å². The zero-order valence-electron chi connectivity index (χ0n) is 20.6. The van der Waals surface area contributed by atoms with Crippen LogP contribution >= 0.6 is 0 Å². The fourth-order valence-corrected chi connectivity index (χ4v) is 4.63. The Morgan fingerprint density at radius 1 is 0.971 bits per heavy atom. The van der Waals surface area contributed by atoms with E-state index in [-0.39, 0.29) is 12.5 Å². The van der Waals surface area contributed by atoms with Crippen molar-refractivity contribution in [2.24, 2.45) is 0 Å². The summed E-state index contributed by atoms with van der Waals surface area (Å²) in [5.41, 5.74) is 2.45. The topological polar surface area (TPSA) is 95.9 Å². The fraction of sp³-hybridized carbons (Fsp3) is 0.444. The van der Waals surface area contributed by atoms with Crippen molar-refractivity contribution < 1.29 is 24.2 Å². The minimum absolute atomic E-state index is 0.0932. The van der Waals surface area contributed by atoms with E-state index < -0.39 is 35.6 Å². The Morgan fingerprint density at radius 3 is 1.97 bits per heavy atom. The van der Waals surface area contributed by atoms with E-state index in [2.05, 4.69) is 17.4 Å². The molecule has 2 aromatic rings. The molecule has 1 unspecified atom stereocenters. The molecule has 0 aliphatic heterocycles. The van der Waals surface area contributed by atoms with Crippen LogP contribution in [0.5, 0.6) is 0 Å². The molecule has 0 aromatic heterocycles. The van der Waals surface area contributed by atoms with Crippen LogP contribution in [0.25, 0.3) is 11.1 Å². The zero-order valence-corrected chi connectivity index (χ0v) is 20.6. The van der Waals surface area contributed by atoms with Crippen LogP contribution in [0.2, 0.25) is 0 Å². The molecule has 2 N–H and O–H groups in total. The van der Waals surface area contributed by atoms with Crippen molar-refractivity contribution in [1.29, 1.82) is 0 Å². The number of ether oxygens (including phenoxy) is 1. The maximum absolute atomic E-state index is 13.5. The molecule has 2 amide bonds. The van der Waals surface area contributed by atoms with Crippen molar-refractivity contribution in [1.82, 2.24) is 10.2 Å². The third-order valence-electron chi connectivity index (χ3n) is 6.29. The number of rotatable bonds is 8. The number of carboxylic acids is 1. The fourth-order valence-electron chi connectivity index (χ4n) is 4.63. The molecule has 0 radical (unpaired) electrons. The second kappa shape index (κ2) is 9.87. The summed E-state index contributed by atoms with van der Waals surface area (Å²) in [7, 11) is 0. The molecule has 34 heavy (non-hydrogen) atoms. The third-order valence-corrected chi connectivity index (χ3v) is 6.29. The van der Waals surface area contributed by atoms with E-state index in [1.54, 1.807) is 27.7 Å². The summed E-state index contributed by atoms with van der Waals surface area (Å²) in [4.78, 5) is 39.0. The van der Waals surface area contributed by atoms with Crippen molar-refractivity contribution in [3.05, 3.63) is 59.7 Å². The Hall–Kier alpha value is -3.35. The number of nitrogens with zero attached hydrogens (tertiary/aromatic N) is 1. The van der Waals surface area contributed by atoms with Crippen LogP contribution in [0.1, 0.15) is 64.5 Å². The molecule has 0 saturated heterocycles. The number of hydrogen-bond acceptors (Lipinski definition) is 4. The Bertz CT molecular complexity index is 1030. The molecule has 1 aliphatic rings. The normalized spacial score (nSPS) is 14.5. The highest BCUT2D eigenvalue weighted by atomic mass is 16.5. The van der Waals surface area contributed by atoms with Crippen LogP contribution in [0.15, 0.2) is 48.5 Å². The van der Waals surface area contributed by atoms with Crippen LogP contribution in [-0.2, 0) is 14.3 Å². The molecule has 0 heterocycles. The highest BCUT2D eigenvalue weighted by Crippen LogP contribution is 2.44. The standard InChI is InChI=1S/C27H34N2O5/c1-6-15-27(5,24(32)29(16-23(30)31)26(2,3)4)28-25(33)34-17-22-20-13-9-7-11-18(20)19-12-8-10-14-21(19)22/h7-14,22H,6,15-17H2,1-5H3,(H,28,33)(H,30,31). The number of benzene rings is 2. The summed E-state index contributed by atoms with van der Waals surface area (Å²) < 4.78 is 5.64. The van der Waals surface area contributed by atoms with E-state index >= 15 is 0 Å². The molecule has 7 nitrogen and oxygen atoms in total. The highest BCUT2D eigenvalue weighted by molar-refractivity contribution is 5.92. The lowest BCUT2D eigenvalue weighted by molar-refractivity contribution is -0.152. The minimum Gasteiger partial charge on any atom is -0.480 e. The van der Waals surface area contributed by atoms with Gasteiger partial charge in [-0.05, 0) is 56.4 Å². The first-order valence-electron chi connectivity index (χ1n) is 11.6. The van der Waals surface area contributed by atoms with Crippen LogP contribution in [0, 0.1) is 0 Å². The summed E-state index contributed by atoms with van der Waals surface area (Å²) in [6, 6.07) is 16.1. The molecule has 3 rings (SSSR count). The van der Waals surface area contributed by atoms with E-state index in [1.165, 1.54) is 4.90 Å². The number of aliphatic carboxylic acids is 1. The number of alkyl carbamates (subject to hydrolysis) is 1. The first kappa shape index (κ1) is 25.3. The van der Waals surface area contributed by atoms with Gasteiger partial charge in [-0.15, -0.1) is 0 Å². The molecule has 1 atom stereocenters. The number of carbonyl (C=O) groups excluding carboxylic acids is 2. The first-order chi connectivity index (χ1) is 16.0. The molecular formula is C27H34N2O5. The van der Waals surface area contributed by atoms with Gasteiger partial charge in [0, 0.05) is 11.5 Å². The lowest BCUT2D eigenvalue weighted by Crippen LogP contribution is -2.62. The Morgan fingerprint density at radius 2 is 1.50 bits per heavy atom. The van der Waals surface area contributed by atoms with Gasteiger partial charge in [-0.2, -0.15) is 0 Å². The van der Waals surface area contributed by atoms with Crippen molar-refractivity contribution in [2.45, 2.75) is 64.5 Å². The van der Waals surface area contributed by atoms with E-state index in [4.69, 9.17) is 4.74 Å². The molecule has 182 valence electrons. The Balaban J connectivity index is 1.77. The number of nitrogens with one attached hydrogen (secondary N) is 1. The average Bonchev–Trinajstić information content (AvgIpc) is 3.08. The molecule has 0 saturated carbocycles. The molecule has 1 aliphatic carbocycles. The Labute approximate surface area is 201 Å². The van der Waals surface area contributed by atoms with Gasteiger partial charge in [0.15, 0.2) is 0 Å². The van der Waals surface area contributed by atoms with Gasteiger partial charge in [0.2, 0.25) is 5.91 Å². The van der Waals surface area contributed by atoms with Crippen molar-refractivity contribution >= 4 is 18.0 Å². The van der Waals surface area contributed by atoms with Crippen LogP contribution in [-0.4, -0.2) is 52.2 Å². The van der Waals surface area contributed by atoms with Crippen LogP contribution in [0.4, 0.5) is 4.79 Å². The summed E-state index contributed by atoms with van der Waals surface area (Å²) in [6.45, 7) is 8.53. The largest absolute Gasteiger partial charge is 0.480 e. The maximum atomic E-state index is 13.5. The van der Waals surface area contributed by atoms with Crippen LogP contribution < -0.4 is 5.32 Å². The monoisotopic (exact) mass is 466 g/mol. The molecule has 2 aromatic carbocycles. The molecule has 0 spiro atoms. The molecule has 0 fully saturated rings. The van der Waals surface area contributed by atoms with Gasteiger partial charge in [0.05, 0.1) is 0 Å². The number of carboxylic acid groups (broad SMARTS) is 1. The first-order valence-corrected chi connectivity index (χ1v) is 11.6. The second-order valence-corrected chi connectivity index (χ2v) is 9.99. The predicted octanol–water partition coefficient (Wildman–Crippen LogP) is 4.80. The van der Waals surface area contributed by atoms with Crippen molar-refractivity contribution in [3.8, 4) is 11.1 Å². The van der Waals surface area contributed by atoms with Gasteiger partial charge >= 0.3 is 12.1 Å². The maximum Gasteiger partial charge on any atom is 0.408 e. The SMILES string of the molecule is CCCC(C)(NC(=O)OCC1c2ccccc2-c2ccccc21)C(=O)N(CC(=O)O)C(C)(C)C. The minimum atomic E-state index is -1.29. The summed E-state index contributed by atoms with van der Waals surface area (Å²) in [5, 5.41) is 12.1. The number of fused-ring (bicyclic) bond motifs is 3. The zero-order chi connectivity index (χ0) is 25.1. The Kier molecular flexibility index (Phi) is 7.34. The number of hydrogen-bond donors (Lipinski definition) is 2. The second-order valence-electron chi connectivity index (χ2n) is 9.99. The van der Waals surface area contributed by atoms with E-state index in [9.17, 15) is 19.5 Å². The number of carbonyl (C=O) groups is 3. The quantitative estimate of drug-likeness (QED) is 0.583. The average molecular weight is 467 g/mol. The van der Waals surface area contributed by atoms with Gasteiger partial charge in [-0.1, -0.05) is 61.9 Å². The van der Waals surface area contributed by atoms with Crippen molar-refractivity contribution in [2.75, 3.05) is 13.2 Å². The predicted molar refractivity (Wildman–Crippen MR) is 131 cm³/mol. The molecule has 7 heteroatoms. The third kappa shape index (κ3) is 5.24. The lowest BCUT2D eigenvalue weighted by Gasteiger charge is -2.41. The van der Waals surface area contributed by atoms with Crippen LogP contribution in [0.3, 0.4) is 0 Å². The van der Waals surface area contributed by atoms with E-state index in [1.807, 2.05) is 43.3 Å². The van der Waals surface area contributed by atoms with Gasteiger partial charge < -0.3 is 20.1 Å². The van der Waals surface area contributed by atoms with Gasteiger partial charge in [-0.25, -0.2) is 4.79 Å². The van der Waals surface area contributed by atoms with E-state index in [0.29, 0.717) is 12.8 Å². The van der Waals surface area contributed by atoms with E-state index in [0.717, 1.165) is 22.3 Å². The van der Waals surface area contributed by atoms with Gasteiger partial charge in [0.1, 0.15) is 18.7 Å². The lowest BCUT2D eigenvalue weighted by atomic mass is 9.91. The highest BCUT2D eigenvalue weighted by Gasteiger charge is 2.42. The molecule has 0 bridgehead atoms. The summed E-state index contributed by atoms with van der Waals surface area (Å²) in [6.07, 6.45) is 0.273. The summed E-state index contributed by atoms with van der Waals surface area (Å²) >= 11 is 0. The molecular weight excluding hydrogens is 432 g/mol.